The average Bonchev–Trinajstić information content (AvgIpc) is 3.07. The molecule has 7 nitrogen and oxygen atoms in total. The van der Waals surface area contributed by atoms with Crippen LogP contribution in [0.5, 0.6) is 0 Å². The SMILES string of the molecule is C[C@@H](N)C(=O)N1CCC2(CC1)OCCc1sc(C(=O)N(C)CCO)cc12.Cl. The number of carbonyl (C=O) groups is 2. The van der Waals surface area contributed by atoms with Crippen LogP contribution in [0, 0.1) is 0 Å². The molecule has 1 spiro atoms. The van der Waals surface area contributed by atoms with E-state index in [4.69, 9.17) is 15.6 Å². The first-order valence-corrected chi connectivity index (χ1v) is 9.87. The zero-order valence-electron chi connectivity index (χ0n) is 15.8. The molecule has 1 saturated heterocycles. The van der Waals surface area contributed by atoms with Gasteiger partial charge in [0.05, 0.1) is 29.7 Å². The second-order valence-corrected chi connectivity index (χ2v) is 8.24. The number of hydrogen-bond donors (Lipinski definition) is 2. The van der Waals surface area contributed by atoms with E-state index in [1.807, 2.05) is 6.07 Å². The number of carbonyl (C=O) groups excluding carboxylic acids is 2. The first-order chi connectivity index (χ1) is 12.4. The molecule has 0 aliphatic carbocycles. The van der Waals surface area contributed by atoms with E-state index in [-0.39, 0.29) is 30.8 Å². The highest BCUT2D eigenvalue weighted by molar-refractivity contribution is 7.14. The molecule has 3 N–H and O–H groups in total. The molecule has 2 amide bonds. The molecule has 0 unspecified atom stereocenters. The molecule has 0 radical (unpaired) electrons. The Balaban J connectivity index is 0.00000261. The summed E-state index contributed by atoms with van der Waals surface area (Å²) in [5.41, 5.74) is 6.41. The van der Waals surface area contributed by atoms with E-state index in [0.717, 1.165) is 24.8 Å². The summed E-state index contributed by atoms with van der Waals surface area (Å²) in [4.78, 5) is 29.9. The van der Waals surface area contributed by atoms with Crippen molar-refractivity contribution in [1.29, 1.82) is 0 Å². The quantitative estimate of drug-likeness (QED) is 0.761. The van der Waals surface area contributed by atoms with Crippen molar-refractivity contribution in [3.63, 3.8) is 0 Å². The Bertz CT molecular complexity index is 686. The van der Waals surface area contributed by atoms with Gasteiger partial charge in [0.2, 0.25) is 5.91 Å². The zero-order valence-corrected chi connectivity index (χ0v) is 17.4. The van der Waals surface area contributed by atoms with E-state index in [2.05, 4.69) is 0 Å². The van der Waals surface area contributed by atoms with Crippen LogP contribution in [0.15, 0.2) is 6.07 Å². The number of piperidine rings is 1. The first-order valence-electron chi connectivity index (χ1n) is 9.06. The molecule has 0 aromatic carbocycles. The number of thiophene rings is 1. The van der Waals surface area contributed by atoms with E-state index < -0.39 is 11.6 Å². The van der Waals surface area contributed by atoms with Gasteiger partial charge in [-0.3, -0.25) is 9.59 Å². The minimum atomic E-state index is -0.487. The fraction of sp³-hybridized carbons (Fsp3) is 0.667. The number of hydrogen-bond acceptors (Lipinski definition) is 6. The Kier molecular flexibility index (Phi) is 7.27. The van der Waals surface area contributed by atoms with Gasteiger partial charge in [0.1, 0.15) is 0 Å². The van der Waals surface area contributed by atoms with Crippen LogP contribution in [-0.4, -0.2) is 72.7 Å². The fourth-order valence-corrected chi connectivity index (χ4v) is 4.98. The van der Waals surface area contributed by atoms with Gasteiger partial charge in [0.15, 0.2) is 0 Å². The molecule has 2 aliphatic heterocycles. The highest BCUT2D eigenvalue weighted by Crippen LogP contribution is 2.44. The monoisotopic (exact) mass is 417 g/mol. The van der Waals surface area contributed by atoms with Crippen molar-refractivity contribution in [1.82, 2.24) is 9.80 Å². The maximum absolute atomic E-state index is 12.6. The maximum Gasteiger partial charge on any atom is 0.263 e. The van der Waals surface area contributed by atoms with E-state index >= 15 is 0 Å². The van der Waals surface area contributed by atoms with Crippen molar-refractivity contribution >= 4 is 35.6 Å². The van der Waals surface area contributed by atoms with Crippen LogP contribution in [0.2, 0.25) is 0 Å². The third-order valence-electron chi connectivity index (χ3n) is 5.27. The predicted octanol–water partition coefficient (Wildman–Crippen LogP) is 0.972. The van der Waals surface area contributed by atoms with Crippen LogP contribution in [0.3, 0.4) is 0 Å². The molecular formula is C18H28ClN3O4S. The molecule has 0 saturated carbocycles. The number of ether oxygens (including phenoxy) is 1. The van der Waals surface area contributed by atoms with Crippen molar-refractivity contribution in [3.8, 4) is 0 Å². The Labute approximate surface area is 169 Å². The number of aliphatic hydroxyl groups excluding tert-OH is 1. The highest BCUT2D eigenvalue weighted by atomic mass is 35.5. The summed E-state index contributed by atoms with van der Waals surface area (Å²) >= 11 is 1.52. The number of fused-ring (bicyclic) bond motifs is 2. The van der Waals surface area contributed by atoms with Crippen molar-refractivity contribution in [2.45, 2.75) is 37.8 Å². The number of nitrogens with two attached hydrogens (primary N) is 1. The topological polar surface area (TPSA) is 96.1 Å². The standard InChI is InChI=1S/C18H27N3O4S.ClH/c1-12(19)16(23)21-6-4-18(5-7-21)13-11-15(17(24)20(2)8-9-22)26-14(13)3-10-25-18;/h11-12,22H,3-10,19H2,1-2H3;1H/t12-;/m1./s1. The van der Waals surface area contributed by atoms with Gasteiger partial charge in [-0.25, -0.2) is 0 Å². The molecule has 3 rings (SSSR count). The molecule has 1 fully saturated rings. The van der Waals surface area contributed by atoms with Crippen LogP contribution in [0.4, 0.5) is 0 Å². The lowest BCUT2D eigenvalue weighted by molar-refractivity contribution is -0.141. The second kappa shape index (κ2) is 8.87. The molecule has 3 heterocycles. The summed E-state index contributed by atoms with van der Waals surface area (Å²) < 4.78 is 6.20. The summed E-state index contributed by atoms with van der Waals surface area (Å²) in [5.74, 6) is -0.0964. The summed E-state index contributed by atoms with van der Waals surface area (Å²) in [5, 5.41) is 9.05. The largest absolute Gasteiger partial charge is 0.395 e. The summed E-state index contributed by atoms with van der Waals surface area (Å²) in [6.07, 6.45) is 2.24. The number of amides is 2. The van der Waals surface area contributed by atoms with Crippen molar-refractivity contribution in [3.05, 3.63) is 21.4 Å². The summed E-state index contributed by atoms with van der Waals surface area (Å²) in [6.45, 7) is 3.84. The minimum absolute atomic E-state index is 0. The number of aliphatic hydroxyl groups is 1. The molecule has 9 heteroatoms. The lowest BCUT2D eigenvalue weighted by Gasteiger charge is -2.44. The molecular weight excluding hydrogens is 390 g/mol. The van der Waals surface area contributed by atoms with Gasteiger partial charge in [-0.05, 0) is 31.4 Å². The third-order valence-corrected chi connectivity index (χ3v) is 6.46. The Morgan fingerprint density at radius 3 is 2.70 bits per heavy atom. The molecule has 27 heavy (non-hydrogen) atoms. The molecule has 0 bridgehead atoms. The van der Waals surface area contributed by atoms with E-state index in [0.29, 0.717) is 31.1 Å². The van der Waals surface area contributed by atoms with Crippen LogP contribution in [0.25, 0.3) is 0 Å². The van der Waals surface area contributed by atoms with Gasteiger partial charge in [-0.2, -0.15) is 0 Å². The van der Waals surface area contributed by atoms with Crippen molar-refractivity contribution in [2.24, 2.45) is 5.73 Å². The van der Waals surface area contributed by atoms with Gasteiger partial charge in [0, 0.05) is 38.0 Å². The highest BCUT2D eigenvalue weighted by Gasteiger charge is 2.43. The van der Waals surface area contributed by atoms with Crippen LogP contribution in [-0.2, 0) is 21.6 Å². The number of nitrogens with zero attached hydrogens (tertiary/aromatic N) is 2. The van der Waals surface area contributed by atoms with Gasteiger partial charge in [-0.15, -0.1) is 23.7 Å². The average molecular weight is 418 g/mol. The predicted molar refractivity (Wildman–Crippen MR) is 106 cm³/mol. The fourth-order valence-electron chi connectivity index (χ4n) is 3.75. The van der Waals surface area contributed by atoms with Gasteiger partial charge in [0.25, 0.3) is 5.91 Å². The maximum atomic E-state index is 12.6. The number of likely N-dealkylation sites (N-methyl/N-ethyl adjacent to an activating group) is 1. The molecule has 1 atom stereocenters. The number of rotatable bonds is 4. The van der Waals surface area contributed by atoms with Crippen LogP contribution in [0.1, 0.15) is 39.9 Å². The third kappa shape index (κ3) is 4.30. The van der Waals surface area contributed by atoms with Crippen LogP contribution >= 0.6 is 23.7 Å². The van der Waals surface area contributed by atoms with E-state index in [9.17, 15) is 9.59 Å². The van der Waals surface area contributed by atoms with E-state index in [1.165, 1.54) is 21.1 Å². The summed E-state index contributed by atoms with van der Waals surface area (Å²) in [6, 6.07) is 1.47. The first kappa shape index (κ1) is 22.1. The lowest BCUT2D eigenvalue weighted by Crippen LogP contribution is -2.51. The van der Waals surface area contributed by atoms with Gasteiger partial charge in [-0.1, -0.05) is 0 Å². The summed E-state index contributed by atoms with van der Waals surface area (Å²) in [7, 11) is 1.70. The molecule has 152 valence electrons. The lowest BCUT2D eigenvalue weighted by atomic mass is 9.82. The van der Waals surface area contributed by atoms with Crippen molar-refractivity contribution in [2.75, 3.05) is 39.9 Å². The molecule has 1 aromatic rings. The Morgan fingerprint density at radius 1 is 1.44 bits per heavy atom. The van der Waals surface area contributed by atoms with Gasteiger partial charge >= 0.3 is 0 Å². The number of halogens is 1. The van der Waals surface area contributed by atoms with Crippen LogP contribution < -0.4 is 5.73 Å². The Morgan fingerprint density at radius 2 is 2.11 bits per heavy atom. The second-order valence-electron chi connectivity index (χ2n) is 7.10. The minimum Gasteiger partial charge on any atom is -0.395 e. The number of likely N-dealkylation sites (tertiary alicyclic amines) is 1. The zero-order chi connectivity index (χ0) is 18.9. The van der Waals surface area contributed by atoms with E-state index in [1.54, 1.807) is 18.9 Å². The normalized spacial score (nSPS) is 19.2. The molecule has 2 aliphatic rings. The molecule has 1 aromatic heterocycles. The van der Waals surface area contributed by atoms with Gasteiger partial charge < -0.3 is 25.4 Å². The van der Waals surface area contributed by atoms with Crippen molar-refractivity contribution < 1.29 is 19.4 Å². The smallest absolute Gasteiger partial charge is 0.263 e. The Hall–Kier alpha value is -1.19.